The highest BCUT2D eigenvalue weighted by Gasteiger charge is 2.22. The van der Waals surface area contributed by atoms with Crippen molar-refractivity contribution in [2.75, 3.05) is 5.06 Å². The van der Waals surface area contributed by atoms with E-state index in [9.17, 15) is 9.59 Å². The first-order valence-electron chi connectivity index (χ1n) is 8.53. The summed E-state index contributed by atoms with van der Waals surface area (Å²) in [5.74, 6) is -0.866. The van der Waals surface area contributed by atoms with Gasteiger partial charge in [0, 0.05) is 10.0 Å². The first-order valence-corrected chi connectivity index (χ1v) is 9.32. The molecule has 3 aromatic carbocycles. The van der Waals surface area contributed by atoms with Crippen LogP contribution in [-0.4, -0.2) is 11.9 Å². The third-order valence-electron chi connectivity index (χ3n) is 3.92. The average Bonchev–Trinajstić information content (AvgIpc) is 2.72. The molecular formula is C22H18BrNO3. The Kier molecular flexibility index (Phi) is 6.39. The van der Waals surface area contributed by atoms with E-state index in [1.807, 2.05) is 36.4 Å². The molecule has 0 N–H and O–H groups in total. The number of anilines is 1. The number of halogens is 1. The zero-order valence-electron chi connectivity index (χ0n) is 14.5. The minimum atomic E-state index is -0.465. The second-order valence-corrected chi connectivity index (χ2v) is 6.81. The molecule has 4 nitrogen and oxygen atoms in total. The molecule has 3 aromatic rings. The number of amides is 1. The van der Waals surface area contributed by atoms with E-state index in [1.165, 1.54) is 0 Å². The van der Waals surface area contributed by atoms with Crippen molar-refractivity contribution in [1.29, 1.82) is 0 Å². The molecule has 0 saturated carbocycles. The summed E-state index contributed by atoms with van der Waals surface area (Å²) in [5.41, 5.74) is 1.97. The fourth-order valence-electron chi connectivity index (χ4n) is 2.52. The summed E-state index contributed by atoms with van der Waals surface area (Å²) in [4.78, 5) is 30.7. The molecule has 136 valence electrons. The van der Waals surface area contributed by atoms with Crippen LogP contribution in [0.5, 0.6) is 0 Å². The molecule has 0 aliphatic carbocycles. The van der Waals surface area contributed by atoms with E-state index in [-0.39, 0.29) is 6.42 Å². The molecule has 1 amide bonds. The third-order valence-corrected chi connectivity index (χ3v) is 4.45. The number of nitrogens with zero attached hydrogens (tertiary/aromatic N) is 1. The van der Waals surface area contributed by atoms with Gasteiger partial charge in [0.15, 0.2) is 0 Å². The summed E-state index contributed by atoms with van der Waals surface area (Å²) in [7, 11) is 0. The number of aryl methyl sites for hydroxylation is 1. The molecule has 0 atom stereocenters. The van der Waals surface area contributed by atoms with Crippen molar-refractivity contribution < 1.29 is 14.4 Å². The Hall–Kier alpha value is -2.92. The second kappa shape index (κ2) is 9.14. The van der Waals surface area contributed by atoms with Gasteiger partial charge in [0.1, 0.15) is 0 Å². The molecule has 0 radical (unpaired) electrons. The quantitative estimate of drug-likeness (QED) is 0.530. The van der Waals surface area contributed by atoms with Gasteiger partial charge < -0.3 is 4.84 Å². The van der Waals surface area contributed by atoms with Crippen LogP contribution in [0.4, 0.5) is 5.69 Å². The lowest BCUT2D eigenvalue weighted by Gasteiger charge is -2.21. The lowest BCUT2D eigenvalue weighted by molar-refractivity contribution is -0.144. The van der Waals surface area contributed by atoms with Gasteiger partial charge in [0.25, 0.3) is 5.91 Å². The molecule has 0 unspecified atom stereocenters. The van der Waals surface area contributed by atoms with E-state index < -0.39 is 11.9 Å². The van der Waals surface area contributed by atoms with Gasteiger partial charge in [0.05, 0.1) is 12.1 Å². The van der Waals surface area contributed by atoms with Crippen LogP contribution in [-0.2, 0) is 16.1 Å². The molecule has 0 spiro atoms. The van der Waals surface area contributed by atoms with E-state index in [0.29, 0.717) is 17.7 Å². The van der Waals surface area contributed by atoms with Gasteiger partial charge in [-0.25, -0.2) is 4.79 Å². The fourth-order valence-corrected chi connectivity index (χ4v) is 2.79. The minimum Gasteiger partial charge on any atom is -0.333 e. The molecule has 27 heavy (non-hydrogen) atoms. The Bertz CT molecular complexity index is 896. The normalized spacial score (nSPS) is 10.3. The highest BCUT2D eigenvalue weighted by Crippen LogP contribution is 2.19. The highest BCUT2D eigenvalue weighted by molar-refractivity contribution is 9.10. The molecule has 0 aliphatic heterocycles. The molecule has 3 rings (SSSR count). The van der Waals surface area contributed by atoms with Crippen molar-refractivity contribution >= 4 is 33.5 Å². The second-order valence-electron chi connectivity index (χ2n) is 5.89. The molecule has 0 fully saturated rings. The van der Waals surface area contributed by atoms with Crippen molar-refractivity contribution in [1.82, 2.24) is 0 Å². The largest absolute Gasteiger partial charge is 0.333 e. The zero-order valence-corrected chi connectivity index (χ0v) is 16.1. The number of benzene rings is 3. The van der Waals surface area contributed by atoms with Crippen LogP contribution in [0.3, 0.4) is 0 Å². The Morgan fingerprint density at radius 3 is 2.04 bits per heavy atom. The number of carbonyl (C=O) groups is 2. The summed E-state index contributed by atoms with van der Waals surface area (Å²) in [6, 6.07) is 25.4. The minimum absolute atomic E-state index is 0.182. The van der Waals surface area contributed by atoms with E-state index in [2.05, 4.69) is 15.9 Å². The third kappa shape index (κ3) is 5.28. The summed E-state index contributed by atoms with van der Waals surface area (Å²) >= 11 is 3.35. The van der Waals surface area contributed by atoms with Gasteiger partial charge in [-0.2, -0.15) is 0 Å². The first kappa shape index (κ1) is 18.9. The van der Waals surface area contributed by atoms with Crippen LogP contribution in [0, 0.1) is 0 Å². The Balaban J connectivity index is 1.75. The van der Waals surface area contributed by atoms with Crippen molar-refractivity contribution in [3.63, 3.8) is 0 Å². The molecule has 5 heteroatoms. The number of hydroxylamine groups is 1. The predicted molar refractivity (Wildman–Crippen MR) is 108 cm³/mol. The Labute approximate surface area is 166 Å². The van der Waals surface area contributed by atoms with Gasteiger partial charge in [-0.05, 0) is 48.4 Å². The molecule has 0 aliphatic rings. The fraction of sp³-hybridized carbons (Fsp3) is 0.0909. The average molecular weight is 424 g/mol. The van der Waals surface area contributed by atoms with Crippen LogP contribution in [0.15, 0.2) is 89.4 Å². The van der Waals surface area contributed by atoms with E-state index in [1.54, 1.807) is 48.5 Å². The van der Waals surface area contributed by atoms with Crippen molar-refractivity contribution in [2.45, 2.75) is 12.8 Å². The summed E-state index contributed by atoms with van der Waals surface area (Å²) < 4.78 is 0.866. The Morgan fingerprint density at radius 2 is 1.41 bits per heavy atom. The van der Waals surface area contributed by atoms with Gasteiger partial charge >= 0.3 is 5.97 Å². The molecule has 0 aromatic heterocycles. The maximum Gasteiger partial charge on any atom is 0.333 e. The standard InChI is InChI=1S/C22H18BrNO3/c23-19-14-12-18(13-15-19)22(26)24(20-9-5-2-6-10-20)27-21(25)16-11-17-7-3-1-4-8-17/h1-10,12-15H,11,16H2. The Morgan fingerprint density at radius 1 is 0.815 bits per heavy atom. The van der Waals surface area contributed by atoms with Crippen LogP contribution >= 0.6 is 15.9 Å². The molecular weight excluding hydrogens is 406 g/mol. The number of hydrogen-bond acceptors (Lipinski definition) is 3. The number of carbonyl (C=O) groups excluding carboxylic acids is 2. The molecule has 0 saturated heterocycles. The van der Waals surface area contributed by atoms with Gasteiger partial charge in [-0.3, -0.25) is 4.79 Å². The number of para-hydroxylation sites is 1. The van der Waals surface area contributed by atoms with Crippen molar-refractivity contribution in [3.05, 3.63) is 101 Å². The predicted octanol–water partition coefficient (Wildman–Crippen LogP) is 5.19. The van der Waals surface area contributed by atoms with Crippen LogP contribution in [0.25, 0.3) is 0 Å². The van der Waals surface area contributed by atoms with Gasteiger partial charge in [-0.1, -0.05) is 64.5 Å². The van der Waals surface area contributed by atoms with Gasteiger partial charge in [0.2, 0.25) is 0 Å². The lowest BCUT2D eigenvalue weighted by Crippen LogP contribution is -2.33. The maximum atomic E-state index is 12.9. The van der Waals surface area contributed by atoms with Crippen LogP contribution in [0.1, 0.15) is 22.3 Å². The van der Waals surface area contributed by atoms with Crippen LogP contribution in [0.2, 0.25) is 0 Å². The molecule has 0 heterocycles. The molecule has 0 bridgehead atoms. The number of rotatable bonds is 5. The van der Waals surface area contributed by atoms with Crippen molar-refractivity contribution in [3.8, 4) is 0 Å². The topological polar surface area (TPSA) is 46.6 Å². The number of hydrogen-bond donors (Lipinski definition) is 0. The lowest BCUT2D eigenvalue weighted by atomic mass is 10.1. The summed E-state index contributed by atoms with van der Waals surface area (Å²) in [6.45, 7) is 0. The highest BCUT2D eigenvalue weighted by atomic mass is 79.9. The van der Waals surface area contributed by atoms with E-state index in [4.69, 9.17) is 4.84 Å². The smallest absolute Gasteiger partial charge is 0.333 e. The van der Waals surface area contributed by atoms with Gasteiger partial charge in [-0.15, -0.1) is 5.06 Å². The summed E-state index contributed by atoms with van der Waals surface area (Å²) in [5, 5.41) is 1.05. The van der Waals surface area contributed by atoms with Crippen molar-refractivity contribution in [2.24, 2.45) is 0 Å². The summed E-state index contributed by atoms with van der Waals surface area (Å²) in [6.07, 6.45) is 0.732. The van der Waals surface area contributed by atoms with E-state index in [0.717, 1.165) is 15.1 Å². The van der Waals surface area contributed by atoms with E-state index >= 15 is 0 Å². The maximum absolute atomic E-state index is 12.9. The monoisotopic (exact) mass is 423 g/mol. The first-order chi connectivity index (χ1) is 13.1. The SMILES string of the molecule is O=C(CCc1ccccc1)ON(C(=O)c1ccc(Br)cc1)c1ccccc1. The van der Waals surface area contributed by atoms with Crippen LogP contribution < -0.4 is 5.06 Å². The zero-order chi connectivity index (χ0) is 19.1.